The van der Waals surface area contributed by atoms with Crippen LogP contribution >= 0.6 is 0 Å². The first-order valence-electron chi connectivity index (χ1n) is 6.29. The SMILES string of the molecule is Cc1ccccc1CN(C)C(=O)c1cccc(C#N)n1. The number of pyridine rings is 1. The summed E-state index contributed by atoms with van der Waals surface area (Å²) >= 11 is 0. The Hall–Kier alpha value is -2.67. The van der Waals surface area contributed by atoms with Crippen molar-refractivity contribution in [1.82, 2.24) is 9.88 Å². The van der Waals surface area contributed by atoms with E-state index in [4.69, 9.17) is 5.26 Å². The molecule has 0 aliphatic rings. The fraction of sp³-hybridized carbons (Fsp3) is 0.188. The van der Waals surface area contributed by atoms with E-state index < -0.39 is 0 Å². The van der Waals surface area contributed by atoms with Crippen LogP contribution in [0, 0.1) is 18.3 Å². The van der Waals surface area contributed by atoms with Gasteiger partial charge in [-0.15, -0.1) is 0 Å². The predicted molar refractivity (Wildman–Crippen MR) is 75.9 cm³/mol. The number of hydrogen-bond acceptors (Lipinski definition) is 3. The lowest BCUT2D eigenvalue weighted by atomic mass is 10.1. The van der Waals surface area contributed by atoms with Gasteiger partial charge in [0, 0.05) is 13.6 Å². The van der Waals surface area contributed by atoms with Crippen LogP contribution in [0.4, 0.5) is 0 Å². The summed E-state index contributed by atoms with van der Waals surface area (Å²) < 4.78 is 0. The van der Waals surface area contributed by atoms with Gasteiger partial charge in [0.25, 0.3) is 5.91 Å². The van der Waals surface area contributed by atoms with Crippen LogP contribution in [0.2, 0.25) is 0 Å². The van der Waals surface area contributed by atoms with Gasteiger partial charge < -0.3 is 4.90 Å². The van der Waals surface area contributed by atoms with Gasteiger partial charge in [-0.2, -0.15) is 5.26 Å². The van der Waals surface area contributed by atoms with Crippen LogP contribution in [-0.2, 0) is 6.54 Å². The molecule has 0 fully saturated rings. The van der Waals surface area contributed by atoms with E-state index in [1.54, 1.807) is 30.1 Å². The Kier molecular flexibility index (Phi) is 4.11. The number of rotatable bonds is 3. The van der Waals surface area contributed by atoms with Gasteiger partial charge in [0.05, 0.1) is 0 Å². The molecular formula is C16H15N3O. The summed E-state index contributed by atoms with van der Waals surface area (Å²) in [4.78, 5) is 17.9. The van der Waals surface area contributed by atoms with Crippen LogP contribution < -0.4 is 0 Å². The van der Waals surface area contributed by atoms with Gasteiger partial charge in [0.1, 0.15) is 17.5 Å². The minimum atomic E-state index is -0.189. The van der Waals surface area contributed by atoms with E-state index in [1.165, 1.54) is 0 Å². The van der Waals surface area contributed by atoms with Crippen molar-refractivity contribution in [3.63, 3.8) is 0 Å². The molecule has 1 amide bonds. The van der Waals surface area contributed by atoms with E-state index in [9.17, 15) is 4.79 Å². The maximum Gasteiger partial charge on any atom is 0.272 e. The molecule has 0 radical (unpaired) electrons. The van der Waals surface area contributed by atoms with E-state index in [0.29, 0.717) is 12.2 Å². The van der Waals surface area contributed by atoms with E-state index in [-0.39, 0.29) is 11.6 Å². The first-order chi connectivity index (χ1) is 9.61. The Morgan fingerprint density at radius 1 is 1.25 bits per heavy atom. The van der Waals surface area contributed by atoms with Gasteiger partial charge in [-0.25, -0.2) is 4.98 Å². The van der Waals surface area contributed by atoms with Gasteiger partial charge in [-0.05, 0) is 30.2 Å². The number of nitriles is 1. The van der Waals surface area contributed by atoms with Crippen LogP contribution in [0.15, 0.2) is 42.5 Å². The van der Waals surface area contributed by atoms with E-state index in [0.717, 1.165) is 11.1 Å². The molecule has 1 aromatic heterocycles. The standard InChI is InChI=1S/C16H15N3O/c1-12-6-3-4-7-13(12)11-19(2)16(20)15-9-5-8-14(10-17)18-15/h3-9H,11H2,1-2H3. The summed E-state index contributed by atoms with van der Waals surface area (Å²) in [6.45, 7) is 2.53. The Morgan fingerprint density at radius 2 is 2.00 bits per heavy atom. The molecule has 20 heavy (non-hydrogen) atoms. The topological polar surface area (TPSA) is 57.0 Å². The van der Waals surface area contributed by atoms with E-state index in [1.807, 2.05) is 37.3 Å². The predicted octanol–water partition coefficient (Wildman–Crippen LogP) is 2.53. The Labute approximate surface area is 118 Å². The molecule has 0 saturated heterocycles. The molecule has 0 atom stereocenters. The summed E-state index contributed by atoms with van der Waals surface area (Å²) in [5.74, 6) is -0.189. The lowest BCUT2D eigenvalue weighted by Crippen LogP contribution is -2.27. The zero-order valence-corrected chi connectivity index (χ0v) is 11.5. The third-order valence-electron chi connectivity index (χ3n) is 3.10. The molecule has 1 aromatic carbocycles. The summed E-state index contributed by atoms with van der Waals surface area (Å²) in [5.41, 5.74) is 2.78. The molecule has 100 valence electrons. The molecule has 2 aromatic rings. The monoisotopic (exact) mass is 265 g/mol. The zero-order chi connectivity index (χ0) is 14.5. The molecule has 0 unspecified atom stereocenters. The third-order valence-corrected chi connectivity index (χ3v) is 3.10. The molecule has 0 N–H and O–H groups in total. The van der Waals surface area contributed by atoms with Crippen LogP contribution in [0.25, 0.3) is 0 Å². The van der Waals surface area contributed by atoms with Crippen molar-refractivity contribution in [2.45, 2.75) is 13.5 Å². The molecule has 0 spiro atoms. The second-order valence-corrected chi connectivity index (χ2v) is 4.61. The quantitative estimate of drug-likeness (QED) is 0.857. The molecule has 1 heterocycles. The van der Waals surface area contributed by atoms with Crippen LogP contribution in [-0.4, -0.2) is 22.8 Å². The highest BCUT2D eigenvalue weighted by atomic mass is 16.2. The van der Waals surface area contributed by atoms with Gasteiger partial charge >= 0.3 is 0 Å². The Morgan fingerprint density at radius 3 is 2.70 bits per heavy atom. The maximum atomic E-state index is 12.3. The lowest BCUT2D eigenvalue weighted by Gasteiger charge is -2.18. The van der Waals surface area contributed by atoms with Crippen LogP contribution in [0.5, 0.6) is 0 Å². The van der Waals surface area contributed by atoms with Crippen LogP contribution in [0.3, 0.4) is 0 Å². The first-order valence-corrected chi connectivity index (χ1v) is 6.29. The highest BCUT2D eigenvalue weighted by molar-refractivity contribution is 5.92. The molecule has 0 aliphatic carbocycles. The Balaban J connectivity index is 2.17. The number of benzene rings is 1. The van der Waals surface area contributed by atoms with Crippen molar-refractivity contribution >= 4 is 5.91 Å². The number of carbonyl (C=O) groups excluding carboxylic acids is 1. The normalized spacial score (nSPS) is 9.85. The smallest absolute Gasteiger partial charge is 0.272 e. The molecule has 0 aliphatic heterocycles. The minimum absolute atomic E-state index is 0.189. The van der Waals surface area contributed by atoms with Crippen molar-refractivity contribution in [2.75, 3.05) is 7.05 Å². The van der Waals surface area contributed by atoms with Crippen molar-refractivity contribution in [3.8, 4) is 6.07 Å². The maximum absolute atomic E-state index is 12.3. The number of amides is 1. The molecule has 2 rings (SSSR count). The first kappa shape index (κ1) is 13.8. The van der Waals surface area contributed by atoms with Crippen molar-refractivity contribution < 1.29 is 4.79 Å². The average Bonchev–Trinajstić information content (AvgIpc) is 2.48. The number of carbonyl (C=O) groups is 1. The van der Waals surface area contributed by atoms with Crippen molar-refractivity contribution in [3.05, 3.63) is 65.0 Å². The summed E-state index contributed by atoms with van der Waals surface area (Å²) in [6, 6.07) is 14.7. The molecule has 0 saturated carbocycles. The van der Waals surface area contributed by atoms with Gasteiger partial charge in [0.2, 0.25) is 0 Å². The second-order valence-electron chi connectivity index (χ2n) is 4.61. The molecule has 0 bridgehead atoms. The van der Waals surface area contributed by atoms with Gasteiger partial charge in [-0.1, -0.05) is 30.3 Å². The van der Waals surface area contributed by atoms with Crippen molar-refractivity contribution in [2.24, 2.45) is 0 Å². The lowest BCUT2D eigenvalue weighted by molar-refractivity contribution is 0.0779. The minimum Gasteiger partial charge on any atom is -0.336 e. The fourth-order valence-corrected chi connectivity index (χ4v) is 1.93. The summed E-state index contributed by atoms with van der Waals surface area (Å²) in [6.07, 6.45) is 0. The highest BCUT2D eigenvalue weighted by Gasteiger charge is 2.14. The number of aryl methyl sites for hydroxylation is 1. The van der Waals surface area contributed by atoms with Crippen LogP contribution in [0.1, 0.15) is 27.3 Å². The van der Waals surface area contributed by atoms with Gasteiger partial charge in [0.15, 0.2) is 0 Å². The Bertz CT molecular complexity index is 673. The number of hydrogen-bond donors (Lipinski definition) is 0. The third kappa shape index (κ3) is 3.01. The van der Waals surface area contributed by atoms with E-state index >= 15 is 0 Å². The van der Waals surface area contributed by atoms with Gasteiger partial charge in [-0.3, -0.25) is 4.79 Å². The molecule has 4 nitrogen and oxygen atoms in total. The fourth-order valence-electron chi connectivity index (χ4n) is 1.93. The second kappa shape index (κ2) is 5.98. The number of nitrogens with zero attached hydrogens (tertiary/aromatic N) is 3. The summed E-state index contributed by atoms with van der Waals surface area (Å²) in [7, 11) is 1.73. The molecule has 4 heteroatoms. The average molecular weight is 265 g/mol. The highest BCUT2D eigenvalue weighted by Crippen LogP contribution is 2.11. The van der Waals surface area contributed by atoms with E-state index in [2.05, 4.69) is 4.98 Å². The summed E-state index contributed by atoms with van der Waals surface area (Å²) in [5, 5.41) is 8.82. The van der Waals surface area contributed by atoms with Crippen molar-refractivity contribution in [1.29, 1.82) is 5.26 Å². The number of aromatic nitrogens is 1. The zero-order valence-electron chi connectivity index (χ0n) is 11.5. The molecular weight excluding hydrogens is 250 g/mol. The largest absolute Gasteiger partial charge is 0.336 e.